The number of fused-ring (bicyclic) bond motifs is 4. The second kappa shape index (κ2) is 7.16. The Balaban J connectivity index is 1.74. The van der Waals surface area contributed by atoms with Crippen molar-refractivity contribution in [2.75, 3.05) is 0 Å². The van der Waals surface area contributed by atoms with Gasteiger partial charge in [-0.05, 0) is 35.7 Å². The zero-order valence-electron chi connectivity index (χ0n) is 16.1. The van der Waals surface area contributed by atoms with Crippen molar-refractivity contribution < 1.29 is 9.52 Å². The number of nitrogens with zero attached hydrogens (tertiary/aromatic N) is 4. The number of hydrogen-bond acceptors (Lipinski definition) is 6. The normalized spacial score (nSPS) is 14.8. The summed E-state index contributed by atoms with van der Waals surface area (Å²) in [5, 5.41) is 31.6. The molecule has 0 saturated carbocycles. The molecule has 30 heavy (non-hydrogen) atoms. The zero-order valence-corrected chi connectivity index (χ0v) is 16.1. The molecule has 0 saturated heterocycles. The zero-order chi connectivity index (χ0) is 20.7. The maximum Gasteiger partial charge on any atom is 0.347 e. The van der Waals surface area contributed by atoms with E-state index < -0.39 is 11.4 Å². The molecule has 2 aromatic heterocycles. The van der Waals surface area contributed by atoms with E-state index in [0.29, 0.717) is 17.5 Å². The van der Waals surface area contributed by atoms with Crippen LogP contribution in [0.25, 0.3) is 33.1 Å². The lowest BCUT2D eigenvalue weighted by atomic mass is 10.0. The largest absolute Gasteiger partial charge is 0.506 e. The van der Waals surface area contributed by atoms with Gasteiger partial charge in [-0.1, -0.05) is 36.8 Å². The molecule has 0 fully saturated rings. The van der Waals surface area contributed by atoms with Crippen LogP contribution in [0.4, 0.5) is 0 Å². The Morgan fingerprint density at radius 3 is 2.83 bits per heavy atom. The summed E-state index contributed by atoms with van der Waals surface area (Å²) in [7, 11) is 0. The molecule has 0 aliphatic carbocycles. The topological polar surface area (TPSA) is 105 Å². The predicted molar refractivity (Wildman–Crippen MR) is 113 cm³/mol. The summed E-state index contributed by atoms with van der Waals surface area (Å²) in [5.74, 6) is 0.629. The van der Waals surface area contributed by atoms with Gasteiger partial charge in [-0.2, -0.15) is 5.26 Å². The fourth-order valence-corrected chi connectivity index (χ4v) is 4.05. The van der Waals surface area contributed by atoms with Crippen LogP contribution in [0.1, 0.15) is 36.5 Å². The molecule has 4 aromatic rings. The number of aliphatic hydroxyl groups excluding tert-OH is 1. The fourth-order valence-electron chi connectivity index (χ4n) is 4.05. The van der Waals surface area contributed by atoms with Gasteiger partial charge in [0.05, 0.1) is 0 Å². The first-order valence-corrected chi connectivity index (χ1v) is 9.89. The fraction of sp³-hybridized carbons (Fsp3) is 0.217. The van der Waals surface area contributed by atoms with Crippen LogP contribution in [0.2, 0.25) is 0 Å². The first kappa shape index (κ1) is 18.1. The smallest absolute Gasteiger partial charge is 0.347 e. The van der Waals surface area contributed by atoms with Crippen LogP contribution < -0.4 is 5.63 Å². The summed E-state index contributed by atoms with van der Waals surface area (Å²) >= 11 is 0. The molecule has 1 aliphatic rings. The van der Waals surface area contributed by atoms with E-state index in [1.165, 1.54) is 0 Å². The lowest BCUT2D eigenvalue weighted by molar-refractivity contribution is 0.499. The Kier molecular flexibility index (Phi) is 4.32. The van der Waals surface area contributed by atoms with E-state index in [1.807, 2.05) is 41.0 Å². The molecule has 3 heterocycles. The number of benzene rings is 2. The van der Waals surface area contributed by atoms with E-state index in [4.69, 9.17) is 4.42 Å². The lowest BCUT2D eigenvalue weighted by Crippen LogP contribution is -2.10. The number of aromatic nitrogens is 3. The van der Waals surface area contributed by atoms with Gasteiger partial charge in [0.15, 0.2) is 11.6 Å². The summed E-state index contributed by atoms with van der Waals surface area (Å²) in [4.78, 5) is 12.6. The van der Waals surface area contributed by atoms with Gasteiger partial charge in [-0.15, -0.1) is 10.2 Å². The predicted octanol–water partition coefficient (Wildman–Crippen LogP) is 4.21. The van der Waals surface area contributed by atoms with Crippen LogP contribution >= 0.6 is 0 Å². The van der Waals surface area contributed by atoms with Crippen molar-refractivity contribution in [3.05, 3.63) is 70.1 Å². The van der Waals surface area contributed by atoms with Crippen molar-refractivity contribution in [3.8, 4) is 6.07 Å². The molecule has 7 heteroatoms. The molecule has 148 valence electrons. The standard InChI is InChI=1S/C23H18N4O3/c24-13-18(22-26-25-20-8-2-1-5-11-27(20)22)21(28)17-12-16-15-7-4-3-6-14(15)9-10-19(16)30-23(17)29/h3-4,6-7,9-10,12,28H,1-2,5,8,11H2. The van der Waals surface area contributed by atoms with Crippen molar-refractivity contribution in [1.82, 2.24) is 14.8 Å². The Hall–Kier alpha value is -3.92. The highest BCUT2D eigenvalue weighted by Gasteiger charge is 2.23. The number of nitriles is 1. The van der Waals surface area contributed by atoms with Crippen LogP contribution in [0.15, 0.2) is 51.7 Å². The van der Waals surface area contributed by atoms with E-state index in [9.17, 15) is 15.2 Å². The number of aliphatic hydroxyl groups is 1. The summed E-state index contributed by atoms with van der Waals surface area (Å²) < 4.78 is 7.33. The van der Waals surface area contributed by atoms with Crippen molar-refractivity contribution >= 4 is 33.1 Å². The molecule has 7 nitrogen and oxygen atoms in total. The second-order valence-electron chi connectivity index (χ2n) is 7.38. The molecule has 0 spiro atoms. The number of aryl methyl sites for hydroxylation is 1. The van der Waals surface area contributed by atoms with Crippen LogP contribution in [0.3, 0.4) is 0 Å². The minimum atomic E-state index is -0.710. The minimum Gasteiger partial charge on any atom is -0.506 e. The van der Waals surface area contributed by atoms with Gasteiger partial charge in [-0.25, -0.2) is 4.79 Å². The molecule has 0 unspecified atom stereocenters. The third-order valence-corrected chi connectivity index (χ3v) is 5.58. The summed E-state index contributed by atoms with van der Waals surface area (Å²) in [6, 6.07) is 14.9. The van der Waals surface area contributed by atoms with E-state index in [2.05, 4.69) is 10.2 Å². The molecule has 0 amide bonds. The third-order valence-electron chi connectivity index (χ3n) is 5.58. The molecule has 0 radical (unpaired) electrons. The molecule has 0 atom stereocenters. The third kappa shape index (κ3) is 2.85. The van der Waals surface area contributed by atoms with Gasteiger partial charge >= 0.3 is 5.63 Å². The van der Waals surface area contributed by atoms with E-state index in [0.717, 1.165) is 42.3 Å². The minimum absolute atomic E-state index is 0.0682. The summed E-state index contributed by atoms with van der Waals surface area (Å²) in [6.45, 7) is 0.674. The molecule has 1 aliphatic heterocycles. The number of hydrogen-bond donors (Lipinski definition) is 1. The van der Waals surface area contributed by atoms with E-state index in [-0.39, 0.29) is 17.0 Å². The maximum absolute atomic E-state index is 12.6. The highest BCUT2D eigenvalue weighted by molar-refractivity contribution is 6.06. The Bertz CT molecular complexity index is 1420. The van der Waals surface area contributed by atoms with E-state index >= 15 is 0 Å². The maximum atomic E-state index is 12.6. The van der Waals surface area contributed by atoms with Gasteiger partial charge in [0.2, 0.25) is 0 Å². The molecule has 0 bridgehead atoms. The highest BCUT2D eigenvalue weighted by Crippen LogP contribution is 2.29. The quantitative estimate of drug-likeness (QED) is 0.235. The lowest BCUT2D eigenvalue weighted by Gasteiger charge is -2.09. The summed E-state index contributed by atoms with van der Waals surface area (Å²) in [5.41, 5.74) is -0.437. The molecule has 2 aromatic carbocycles. The van der Waals surface area contributed by atoms with Gasteiger partial charge < -0.3 is 14.1 Å². The van der Waals surface area contributed by atoms with Gasteiger partial charge in [0.25, 0.3) is 0 Å². The Labute approximate surface area is 171 Å². The van der Waals surface area contributed by atoms with Gasteiger partial charge in [-0.3, -0.25) is 0 Å². The average Bonchev–Trinajstić information content (AvgIpc) is 3.01. The highest BCUT2D eigenvalue weighted by atomic mass is 16.4. The second-order valence-corrected chi connectivity index (χ2v) is 7.38. The SMILES string of the molecule is N#CC(=C(O)c1cc2c(ccc3ccccc32)oc1=O)c1nnc2n1CCCCC2. The van der Waals surface area contributed by atoms with Gasteiger partial charge in [0.1, 0.15) is 28.6 Å². The van der Waals surface area contributed by atoms with Crippen molar-refractivity contribution in [3.63, 3.8) is 0 Å². The molecular weight excluding hydrogens is 380 g/mol. The van der Waals surface area contributed by atoms with Crippen LogP contribution in [0, 0.1) is 11.3 Å². The Morgan fingerprint density at radius 2 is 1.97 bits per heavy atom. The average molecular weight is 398 g/mol. The summed E-state index contributed by atoms with van der Waals surface area (Å²) in [6.07, 6.45) is 3.80. The van der Waals surface area contributed by atoms with Crippen LogP contribution in [-0.2, 0) is 13.0 Å². The van der Waals surface area contributed by atoms with E-state index in [1.54, 1.807) is 12.1 Å². The first-order valence-electron chi connectivity index (χ1n) is 9.89. The Morgan fingerprint density at radius 1 is 1.10 bits per heavy atom. The van der Waals surface area contributed by atoms with Crippen molar-refractivity contribution in [2.45, 2.75) is 32.2 Å². The monoisotopic (exact) mass is 398 g/mol. The van der Waals surface area contributed by atoms with Crippen molar-refractivity contribution in [1.29, 1.82) is 5.26 Å². The molecular formula is C23H18N4O3. The molecule has 5 rings (SSSR count). The van der Waals surface area contributed by atoms with Crippen LogP contribution in [0.5, 0.6) is 0 Å². The number of allylic oxidation sites excluding steroid dienone is 1. The van der Waals surface area contributed by atoms with Crippen molar-refractivity contribution in [2.24, 2.45) is 0 Å². The number of rotatable bonds is 2. The molecule has 1 N–H and O–H groups in total. The van der Waals surface area contributed by atoms with Crippen LogP contribution in [-0.4, -0.2) is 19.9 Å². The first-order chi connectivity index (χ1) is 14.7. The van der Waals surface area contributed by atoms with Gasteiger partial charge in [0, 0.05) is 18.4 Å².